The maximum Gasteiger partial charge on any atom is 0.223 e. The van der Waals surface area contributed by atoms with Gasteiger partial charge in [-0.3, -0.25) is 9.69 Å². The molecule has 0 aromatic heterocycles. The van der Waals surface area contributed by atoms with Crippen LogP contribution >= 0.6 is 12.6 Å². The van der Waals surface area contributed by atoms with Crippen molar-refractivity contribution in [3.63, 3.8) is 0 Å². The summed E-state index contributed by atoms with van der Waals surface area (Å²) in [7, 11) is 0. The van der Waals surface area contributed by atoms with Crippen LogP contribution in [0.2, 0.25) is 0 Å². The Bertz CT molecular complexity index is 340. The first-order valence-electron chi connectivity index (χ1n) is 7.43. The number of ether oxygens (including phenoxy) is 1. The van der Waals surface area contributed by atoms with Gasteiger partial charge in [0.05, 0.1) is 13.2 Å². The van der Waals surface area contributed by atoms with Crippen LogP contribution < -0.4 is 0 Å². The Balaban J connectivity index is 1.49. The summed E-state index contributed by atoms with van der Waals surface area (Å²) in [5.41, 5.74) is 0.247. The Morgan fingerprint density at radius 1 is 1.26 bits per heavy atom. The molecule has 1 saturated carbocycles. The number of nitrogens with zero attached hydrogens (tertiary/aromatic N) is 2. The zero-order valence-electron chi connectivity index (χ0n) is 11.5. The molecule has 4 nitrogen and oxygen atoms in total. The molecule has 5 heteroatoms. The third kappa shape index (κ3) is 3.09. The summed E-state index contributed by atoms with van der Waals surface area (Å²) in [5, 5.41) is 0. The summed E-state index contributed by atoms with van der Waals surface area (Å²) in [6.45, 7) is 5.58. The summed E-state index contributed by atoms with van der Waals surface area (Å²) in [6.07, 6.45) is 4.21. The lowest BCUT2D eigenvalue weighted by molar-refractivity contribution is -0.131. The lowest BCUT2D eigenvalue weighted by Gasteiger charge is -2.32. The first-order valence-corrected chi connectivity index (χ1v) is 8.06. The van der Waals surface area contributed by atoms with Crippen molar-refractivity contribution in [2.24, 2.45) is 5.41 Å². The topological polar surface area (TPSA) is 32.8 Å². The SMILES string of the molecule is O=C(CC1(CS)CC1)N1CCC(N2CCOCC2)C1. The molecule has 2 aliphatic heterocycles. The van der Waals surface area contributed by atoms with E-state index < -0.39 is 0 Å². The summed E-state index contributed by atoms with van der Waals surface area (Å²) < 4.78 is 5.39. The summed E-state index contributed by atoms with van der Waals surface area (Å²) in [4.78, 5) is 16.9. The van der Waals surface area contributed by atoms with Crippen LogP contribution in [0.1, 0.15) is 25.7 Å². The van der Waals surface area contributed by atoms with Gasteiger partial charge < -0.3 is 9.64 Å². The van der Waals surface area contributed by atoms with Gasteiger partial charge in [-0.25, -0.2) is 0 Å². The van der Waals surface area contributed by atoms with Crippen LogP contribution in [0, 0.1) is 5.41 Å². The van der Waals surface area contributed by atoms with Gasteiger partial charge in [-0.05, 0) is 30.4 Å². The maximum absolute atomic E-state index is 12.3. The van der Waals surface area contributed by atoms with E-state index in [2.05, 4.69) is 22.4 Å². The lowest BCUT2D eigenvalue weighted by Crippen LogP contribution is -2.45. The molecule has 3 rings (SSSR count). The molecule has 0 bridgehead atoms. The van der Waals surface area contributed by atoms with Crippen molar-refractivity contribution >= 4 is 18.5 Å². The zero-order chi connectivity index (χ0) is 13.3. The lowest BCUT2D eigenvalue weighted by atomic mass is 10.0. The van der Waals surface area contributed by atoms with Crippen molar-refractivity contribution in [1.82, 2.24) is 9.80 Å². The third-order valence-electron chi connectivity index (χ3n) is 4.90. The van der Waals surface area contributed by atoms with Gasteiger partial charge in [0.1, 0.15) is 0 Å². The number of hydrogen-bond acceptors (Lipinski definition) is 4. The summed E-state index contributed by atoms with van der Waals surface area (Å²) in [6, 6.07) is 0.555. The van der Waals surface area contributed by atoms with Crippen LogP contribution in [0.4, 0.5) is 0 Å². The molecule has 19 heavy (non-hydrogen) atoms. The Morgan fingerprint density at radius 2 is 2.00 bits per heavy atom. The Labute approximate surface area is 120 Å². The fraction of sp³-hybridized carbons (Fsp3) is 0.929. The van der Waals surface area contributed by atoms with Gasteiger partial charge >= 0.3 is 0 Å². The van der Waals surface area contributed by atoms with Gasteiger partial charge in [-0.15, -0.1) is 0 Å². The standard InChI is InChI=1S/C14H24N2O2S/c17-13(9-14(11-19)2-3-14)16-4-1-12(10-16)15-5-7-18-8-6-15/h12,19H,1-11H2. The highest BCUT2D eigenvalue weighted by Gasteiger charge is 2.44. The highest BCUT2D eigenvalue weighted by atomic mass is 32.1. The van der Waals surface area contributed by atoms with Crippen LogP contribution in [-0.2, 0) is 9.53 Å². The van der Waals surface area contributed by atoms with E-state index in [9.17, 15) is 4.79 Å². The second-order valence-corrected chi connectivity index (χ2v) is 6.58. The molecule has 1 unspecified atom stereocenters. The average molecular weight is 284 g/mol. The maximum atomic E-state index is 12.3. The highest BCUT2D eigenvalue weighted by molar-refractivity contribution is 7.80. The Hall–Kier alpha value is -0.260. The number of thiol groups is 1. The van der Waals surface area contributed by atoms with Gasteiger partial charge in [0.2, 0.25) is 5.91 Å². The predicted octanol–water partition coefficient (Wildman–Crippen LogP) is 1.02. The number of likely N-dealkylation sites (tertiary alicyclic amines) is 1. The van der Waals surface area contributed by atoms with Crippen molar-refractivity contribution in [2.75, 3.05) is 45.1 Å². The van der Waals surface area contributed by atoms with Crippen LogP contribution in [0.3, 0.4) is 0 Å². The molecule has 0 aromatic carbocycles. The molecule has 0 aromatic rings. The number of hydrogen-bond donors (Lipinski definition) is 1. The minimum Gasteiger partial charge on any atom is -0.379 e. The summed E-state index contributed by atoms with van der Waals surface area (Å²) >= 11 is 4.39. The van der Waals surface area contributed by atoms with Gasteiger partial charge in [-0.1, -0.05) is 0 Å². The van der Waals surface area contributed by atoms with E-state index in [-0.39, 0.29) is 5.41 Å². The van der Waals surface area contributed by atoms with Crippen molar-refractivity contribution in [1.29, 1.82) is 0 Å². The number of rotatable bonds is 4. The normalized spacial score (nSPS) is 30.6. The van der Waals surface area contributed by atoms with Crippen molar-refractivity contribution < 1.29 is 9.53 Å². The first kappa shape index (κ1) is 13.7. The second-order valence-electron chi connectivity index (χ2n) is 6.27. The number of amides is 1. The van der Waals surface area contributed by atoms with Gasteiger partial charge in [-0.2, -0.15) is 12.6 Å². The van der Waals surface area contributed by atoms with Crippen molar-refractivity contribution in [3.8, 4) is 0 Å². The molecular weight excluding hydrogens is 260 g/mol. The smallest absolute Gasteiger partial charge is 0.223 e. The van der Waals surface area contributed by atoms with E-state index >= 15 is 0 Å². The van der Waals surface area contributed by atoms with Crippen LogP contribution in [-0.4, -0.2) is 66.9 Å². The Morgan fingerprint density at radius 3 is 2.63 bits per heavy atom. The van der Waals surface area contributed by atoms with Crippen LogP contribution in [0.5, 0.6) is 0 Å². The van der Waals surface area contributed by atoms with Crippen molar-refractivity contribution in [3.05, 3.63) is 0 Å². The summed E-state index contributed by atoms with van der Waals surface area (Å²) in [5.74, 6) is 1.21. The van der Waals surface area contributed by atoms with Crippen molar-refractivity contribution in [2.45, 2.75) is 31.7 Å². The molecule has 2 heterocycles. The molecule has 1 amide bonds. The molecular formula is C14H24N2O2S. The predicted molar refractivity (Wildman–Crippen MR) is 77.5 cm³/mol. The minimum atomic E-state index is 0.247. The number of carbonyl (C=O) groups excluding carboxylic acids is 1. The monoisotopic (exact) mass is 284 g/mol. The van der Waals surface area contributed by atoms with Gasteiger partial charge in [0.25, 0.3) is 0 Å². The molecule has 0 spiro atoms. The molecule has 3 fully saturated rings. The van der Waals surface area contributed by atoms with E-state index in [0.717, 1.165) is 51.6 Å². The molecule has 108 valence electrons. The molecule has 3 aliphatic rings. The third-order valence-corrected chi connectivity index (χ3v) is 5.57. The quantitative estimate of drug-likeness (QED) is 0.783. The molecule has 0 radical (unpaired) electrons. The van der Waals surface area contributed by atoms with E-state index in [1.807, 2.05) is 0 Å². The van der Waals surface area contributed by atoms with Gasteiger partial charge in [0, 0.05) is 38.6 Å². The van der Waals surface area contributed by atoms with E-state index in [1.54, 1.807) is 0 Å². The molecule has 1 atom stereocenters. The zero-order valence-corrected chi connectivity index (χ0v) is 12.4. The average Bonchev–Trinajstić information content (AvgIpc) is 3.04. The Kier molecular flexibility index (Phi) is 4.06. The van der Waals surface area contributed by atoms with Gasteiger partial charge in [0.15, 0.2) is 0 Å². The second kappa shape index (κ2) is 5.62. The fourth-order valence-electron chi connectivity index (χ4n) is 3.21. The minimum absolute atomic E-state index is 0.247. The van der Waals surface area contributed by atoms with Crippen LogP contribution in [0.15, 0.2) is 0 Å². The fourth-order valence-corrected chi connectivity index (χ4v) is 3.64. The van der Waals surface area contributed by atoms with E-state index in [0.29, 0.717) is 18.4 Å². The van der Waals surface area contributed by atoms with E-state index in [1.165, 1.54) is 12.8 Å². The number of morpholine rings is 1. The number of carbonyl (C=O) groups is 1. The van der Waals surface area contributed by atoms with Crippen LogP contribution in [0.25, 0.3) is 0 Å². The van der Waals surface area contributed by atoms with E-state index in [4.69, 9.17) is 4.74 Å². The molecule has 1 aliphatic carbocycles. The first-order chi connectivity index (χ1) is 9.22. The largest absolute Gasteiger partial charge is 0.379 e. The molecule has 0 N–H and O–H groups in total. The molecule has 2 saturated heterocycles. The highest BCUT2D eigenvalue weighted by Crippen LogP contribution is 2.50.